The van der Waals surface area contributed by atoms with E-state index in [0.29, 0.717) is 18.0 Å². The van der Waals surface area contributed by atoms with Crippen LogP contribution in [0.4, 0.5) is 0 Å². The number of hydrogen-bond acceptors (Lipinski definition) is 5. The van der Waals surface area contributed by atoms with Crippen LogP contribution in [0, 0.1) is 6.92 Å². The van der Waals surface area contributed by atoms with E-state index in [0.717, 1.165) is 33.5 Å². The molecule has 226 valence electrons. The number of esters is 1. The van der Waals surface area contributed by atoms with Gasteiger partial charge >= 0.3 is 5.97 Å². The van der Waals surface area contributed by atoms with Crippen LogP contribution in [0.3, 0.4) is 0 Å². The predicted molar refractivity (Wildman–Crippen MR) is 173 cm³/mol. The maximum Gasteiger partial charge on any atom is 0.349 e. The van der Waals surface area contributed by atoms with Crippen molar-refractivity contribution in [3.63, 3.8) is 0 Å². The Morgan fingerprint density at radius 3 is 2.29 bits per heavy atom. The van der Waals surface area contributed by atoms with Crippen molar-refractivity contribution < 1.29 is 19.1 Å². The number of rotatable bonds is 13. The molecule has 42 heavy (non-hydrogen) atoms. The standard InChI is InChI=1S/C33H41N3O4.C2H6/c1-10-14-15-26(11-2)27(12-3)18-16-23(5)29-21-28(35-36(29)9)31(37)34-22-25-17-19-30(24(6)20-25)40-33(7,8)32(38)39-13-4;1-2/h10-12,14-21H,1,5,13,22H2,2-4,6-9H3,(H,34,37);1-2H3/b15-14-,18-16-,26-11+,27-12+;. The highest BCUT2D eigenvalue weighted by Crippen LogP contribution is 2.25. The zero-order chi connectivity index (χ0) is 31.9. The SMILES string of the molecule is C=C\C=C/C(=C\C)C(/C=C\C(=C)c1cc(C(=O)NCc2ccc(OC(C)(C)C(=O)OCC)c(C)c2)nn1C)=C/C.CC. The van der Waals surface area contributed by atoms with Crippen LogP contribution in [0.5, 0.6) is 5.75 Å². The molecule has 0 atom stereocenters. The first-order chi connectivity index (χ1) is 20.0. The molecular weight excluding hydrogens is 526 g/mol. The van der Waals surface area contributed by atoms with Crippen LogP contribution in [0.1, 0.15) is 75.8 Å². The zero-order valence-corrected chi connectivity index (χ0v) is 26.7. The van der Waals surface area contributed by atoms with Crippen molar-refractivity contribution in [1.82, 2.24) is 15.1 Å². The van der Waals surface area contributed by atoms with Gasteiger partial charge in [-0.1, -0.05) is 81.7 Å². The second-order valence-corrected chi connectivity index (χ2v) is 9.60. The Labute approximate surface area is 252 Å². The Kier molecular flexibility index (Phi) is 14.8. The molecule has 0 fully saturated rings. The second-order valence-electron chi connectivity index (χ2n) is 9.60. The van der Waals surface area contributed by atoms with E-state index in [1.807, 2.05) is 83.2 Å². The molecule has 7 heteroatoms. The molecule has 0 saturated carbocycles. The van der Waals surface area contributed by atoms with Gasteiger partial charge in [0.1, 0.15) is 5.75 Å². The highest BCUT2D eigenvalue weighted by molar-refractivity contribution is 5.93. The number of carbonyl (C=O) groups excluding carboxylic acids is 2. The van der Waals surface area contributed by atoms with Gasteiger partial charge in [-0.3, -0.25) is 9.48 Å². The summed E-state index contributed by atoms with van der Waals surface area (Å²) in [5.74, 6) is -0.141. The summed E-state index contributed by atoms with van der Waals surface area (Å²) in [6.45, 7) is 23.4. The first kappa shape index (κ1) is 35.6. The van der Waals surface area contributed by atoms with Gasteiger partial charge in [0.15, 0.2) is 11.3 Å². The van der Waals surface area contributed by atoms with E-state index >= 15 is 0 Å². The van der Waals surface area contributed by atoms with E-state index < -0.39 is 11.6 Å². The van der Waals surface area contributed by atoms with Crippen molar-refractivity contribution in [3.05, 3.63) is 114 Å². The summed E-state index contributed by atoms with van der Waals surface area (Å²) < 4.78 is 12.6. The number of hydrogen-bond donors (Lipinski definition) is 1. The van der Waals surface area contributed by atoms with Gasteiger partial charge < -0.3 is 14.8 Å². The fourth-order valence-corrected chi connectivity index (χ4v) is 3.87. The number of aromatic nitrogens is 2. The summed E-state index contributed by atoms with van der Waals surface area (Å²) >= 11 is 0. The van der Waals surface area contributed by atoms with Gasteiger partial charge in [0.2, 0.25) is 0 Å². The fourth-order valence-electron chi connectivity index (χ4n) is 3.87. The first-order valence-electron chi connectivity index (χ1n) is 14.2. The molecule has 7 nitrogen and oxygen atoms in total. The molecule has 1 N–H and O–H groups in total. The minimum atomic E-state index is -1.11. The number of carbonyl (C=O) groups is 2. The fraction of sp³-hybridized carbons (Fsp3) is 0.343. The highest BCUT2D eigenvalue weighted by atomic mass is 16.6. The van der Waals surface area contributed by atoms with Crippen molar-refractivity contribution in [2.24, 2.45) is 7.05 Å². The van der Waals surface area contributed by atoms with Crippen molar-refractivity contribution >= 4 is 17.4 Å². The van der Waals surface area contributed by atoms with E-state index in [-0.39, 0.29) is 12.5 Å². The molecule has 0 bridgehead atoms. The zero-order valence-electron chi connectivity index (χ0n) is 26.7. The smallest absolute Gasteiger partial charge is 0.349 e. The molecule has 2 aromatic rings. The van der Waals surface area contributed by atoms with Crippen LogP contribution in [0.2, 0.25) is 0 Å². The monoisotopic (exact) mass is 573 g/mol. The second kappa shape index (κ2) is 17.4. The van der Waals surface area contributed by atoms with E-state index in [9.17, 15) is 9.59 Å². The van der Waals surface area contributed by atoms with Gasteiger partial charge in [-0.05, 0) is 81.5 Å². The summed E-state index contributed by atoms with van der Waals surface area (Å²) in [7, 11) is 1.78. The lowest BCUT2D eigenvalue weighted by Gasteiger charge is -2.25. The van der Waals surface area contributed by atoms with E-state index in [4.69, 9.17) is 9.47 Å². The Balaban J connectivity index is 0.00000431. The van der Waals surface area contributed by atoms with Crippen LogP contribution in [0.15, 0.2) is 91.1 Å². The van der Waals surface area contributed by atoms with Crippen molar-refractivity contribution in [2.45, 2.75) is 67.5 Å². The van der Waals surface area contributed by atoms with E-state index in [2.05, 4.69) is 23.6 Å². The molecule has 0 unspecified atom stereocenters. The van der Waals surface area contributed by atoms with Gasteiger partial charge in [0, 0.05) is 13.6 Å². The minimum Gasteiger partial charge on any atom is -0.476 e. The molecule has 0 aliphatic rings. The van der Waals surface area contributed by atoms with Gasteiger partial charge in [0.05, 0.1) is 12.3 Å². The summed E-state index contributed by atoms with van der Waals surface area (Å²) in [5.41, 5.74) is 4.49. The summed E-state index contributed by atoms with van der Waals surface area (Å²) in [4.78, 5) is 25.0. The van der Waals surface area contributed by atoms with Crippen molar-refractivity contribution in [3.8, 4) is 5.75 Å². The molecule has 0 aliphatic heterocycles. The molecule has 2 rings (SSSR count). The molecule has 1 heterocycles. The Bertz CT molecular complexity index is 1370. The van der Waals surface area contributed by atoms with Crippen LogP contribution >= 0.6 is 0 Å². The first-order valence-corrected chi connectivity index (χ1v) is 14.2. The normalized spacial score (nSPS) is 12.1. The van der Waals surface area contributed by atoms with Crippen LogP contribution in [-0.4, -0.2) is 33.9 Å². The van der Waals surface area contributed by atoms with Crippen LogP contribution in [0.25, 0.3) is 5.57 Å². The average molecular weight is 574 g/mol. The maximum absolute atomic E-state index is 12.9. The number of nitrogens with zero attached hydrogens (tertiary/aromatic N) is 2. The number of aryl methyl sites for hydroxylation is 2. The molecular formula is C35H47N3O4. The predicted octanol–water partition coefficient (Wildman–Crippen LogP) is 7.61. The van der Waals surface area contributed by atoms with Crippen LogP contribution < -0.4 is 10.1 Å². The summed E-state index contributed by atoms with van der Waals surface area (Å²) in [5, 5.41) is 7.30. The third kappa shape index (κ3) is 10.2. The molecule has 0 aliphatic carbocycles. The number of allylic oxidation sites excluding steroid dienone is 10. The third-order valence-corrected chi connectivity index (χ3v) is 6.10. The highest BCUT2D eigenvalue weighted by Gasteiger charge is 2.32. The molecule has 1 aromatic heterocycles. The average Bonchev–Trinajstić information content (AvgIpc) is 3.37. The summed E-state index contributed by atoms with van der Waals surface area (Å²) in [6.07, 6.45) is 13.6. The van der Waals surface area contributed by atoms with Crippen LogP contribution in [-0.2, 0) is 23.1 Å². The lowest BCUT2D eigenvalue weighted by molar-refractivity contribution is -0.158. The number of amides is 1. The molecule has 1 amide bonds. The topological polar surface area (TPSA) is 82.4 Å². The molecule has 1 aromatic carbocycles. The van der Waals surface area contributed by atoms with E-state index in [1.54, 1.807) is 50.7 Å². The largest absolute Gasteiger partial charge is 0.476 e. The van der Waals surface area contributed by atoms with Gasteiger partial charge in [-0.15, -0.1) is 0 Å². The number of ether oxygens (including phenoxy) is 2. The minimum absolute atomic E-state index is 0.286. The van der Waals surface area contributed by atoms with Gasteiger partial charge in [-0.2, -0.15) is 5.10 Å². The van der Waals surface area contributed by atoms with Crippen molar-refractivity contribution in [1.29, 1.82) is 0 Å². The van der Waals surface area contributed by atoms with Crippen molar-refractivity contribution in [2.75, 3.05) is 6.61 Å². The Morgan fingerprint density at radius 2 is 1.71 bits per heavy atom. The molecule has 0 radical (unpaired) electrons. The molecule has 0 spiro atoms. The van der Waals surface area contributed by atoms with Gasteiger partial charge in [0.25, 0.3) is 5.91 Å². The lowest BCUT2D eigenvalue weighted by atomic mass is 10.0. The summed E-state index contributed by atoms with van der Waals surface area (Å²) in [6, 6.07) is 7.28. The molecule has 0 saturated heterocycles. The van der Waals surface area contributed by atoms with Gasteiger partial charge in [-0.25, -0.2) is 4.79 Å². The third-order valence-electron chi connectivity index (χ3n) is 6.10. The number of nitrogens with one attached hydrogen (secondary N) is 1. The number of benzene rings is 1. The maximum atomic E-state index is 12.9. The van der Waals surface area contributed by atoms with E-state index in [1.165, 1.54) is 0 Å². The quantitative estimate of drug-likeness (QED) is 0.197. The Morgan fingerprint density at radius 1 is 1.07 bits per heavy atom. The Hall–Kier alpha value is -4.39. The lowest BCUT2D eigenvalue weighted by Crippen LogP contribution is -2.39.